The van der Waals surface area contributed by atoms with Crippen LogP contribution in [0.1, 0.15) is 26.3 Å². The molecule has 0 atom stereocenters. The fraction of sp³-hybridized carbons (Fsp3) is 0.364. The summed E-state index contributed by atoms with van der Waals surface area (Å²) in [6.07, 6.45) is 2.72. The number of hydrogen-bond acceptors (Lipinski definition) is 0. The average Bonchev–Trinajstić information content (AvgIpc) is 2.08. The van der Waals surface area contributed by atoms with Gasteiger partial charge in [0, 0.05) is 0 Å². The molecule has 13 heavy (non-hydrogen) atoms. The van der Waals surface area contributed by atoms with Crippen molar-refractivity contribution in [3.05, 3.63) is 42.3 Å². The summed E-state index contributed by atoms with van der Waals surface area (Å²) in [4.78, 5) is 0. The summed E-state index contributed by atoms with van der Waals surface area (Å²) in [5.74, 6) is 0. The van der Waals surface area contributed by atoms with E-state index in [1.54, 1.807) is 0 Å². The SMILES string of the molecule is CC(C)(C)c1cc[c-]cc1.[CH2-]Cl.[Pd+2]. The molecule has 76 valence electrons. The van der Waals surface area contributed by atoms with Gasteiger partial charge in [0.1, 0.15) is 0 Å². The molecule has 2 heteroatoms. The fourth-order valence-electron chi connectivity index (χ4n) is 0.887. The van der Waals surface area contributed by atoms with Crippen LogP contribution >= 0.6 is 11.6 Å². The van der Waals surface area contributed by atoms with E-state index >= 15 is 0 Å². The van der Waals surface area contributed by atoms with Gasteiger partial charge in [-0.2, -0.15) is 35.9 Å². The van der Waals surface area contributed by atoms with Crippen LogP contribution in [0.5, 0.6) is 0 Å². The molecule has 1 rings (SSSR count). The second-order valence-electron chi connectivity index (χ2n) is 3.54. The topological polar surface area (TPSA) is 0 Å². The van der Waals surface area contributed by atoms with Crippen LogP contribution in [0.2, 0.25) is 0 Å². The summed E-state index contributed by atoms with van der Waals surface area (Å²) in [5, 5.41) is 0. The Balaban J connectivity index is 0. The second kappa shape index (κ2) is 7.56. The first-order chi connectivity index (χ1) is 5.61. The molecule has 1 aromatic carbocycles. The minimum Gasteiger partial charge on any atom is -0.352 e. The summed E-state index contributed by atoms with van der Waals surface area (Å²) in [6.45, 7) is 6.63. The van der Waals surface area contributed by atoms with Gasteiger partial charge >= 0.3 is 20.4 Å². The van der Waals surface area contributed by atoms with Crippen LogP contribution in [-0.4, -0.2) is 0 Å². The van der Waals surface area contributed by atoms with E-state index < -0.39 is 0 Å². The Morgan fingerprint density at radius 2 is 1.54 bits per heavy atom. The second-order valence-corrected chi connectivity index (χ2v) is 3.54. The predicted octanol–water partition coefficient (Wildman–Crippen LogP) is 3.80. The quantitative estimate of drug-likeness (QED) is 0.503. The molecule has 0 fully saturated rings. The molecule has 0 N–H and O–H groups in total. The maximum Gasteiger partial charge on any atom is 2.00 e. The van der Waals surface area contributed by atoms with Crippen LogP contribution in [-0.2, 0) is 25.8 Å². The average molecular weight is 289 g/mol. The van der Waals surface area contributed by atoms with Gasteiger partial charge in [-0.15, -0.1) is 0 Å². The van der Waals surface area contributed by atoms with E-state index in [4.69, 9.17) is 0 Å². The van der Waals surface area contributed by atoms with Gasteiger partial charge < -0.3 is 11.6 Å². The molecule has 0 heterocycles. The van der Waals surface area contributed by atoms with Gasteiger partial charge in [0.15, 0.2) is 0 Å². The van der Waals surface area contributed by atoms with Crippen molar-refractivity contribution < 1.29 is 20.4 Å². The van der Waals surface area contributed by atoms with E-state index in [2.05, 4.69) is 57.0 Å². The minimum atomic E-state index is 0. The molecular formula is C11H15ClPd. The number of halogens is 1. The van der Waals surface area contributed by atoms with Crippen LogP contribution in [0.4, 0.5) is 0 Å². The van der Waals surface area contributed by atoms with Crippen LogP contribution in [0.3, 0.4) is 0 Å². The molecule has 0 amide bonds. The Labute approximate surface area is 100 Å². The van der Waals surface area contributed by atoms with E-state index in [0.717, 1.165) is 0 Å². The molecule has 0 radical (unpaired) electrons. The zero-order chi connectivity index (χ0) is 9.61. The molecule has 0 aliphatic carbocycles. The van der Waals surface area contributed by atoms with E-state index in [1.807, 2.05) is 12.1 Å². The largest absolute Gasteiger partial charge is 2.00 e. The minimum absolute atomic E-state index is 0. The van der Waals surface area contributed by atoms with Crippen molar-refractivity contribution in [1.82, 2.24) is 0 Å². The monoisotopic (exact) mass is 288 g/mol. The van der Waals surface area contributed by atoms with Crippen molar-refractivity contribution in [2.24, 2.45) is 0 Å². The molecule has 1 aromatic rings. The Hall–Kier alpha value is 0.172. The zero-order valence-corrected chi connectivity index (χ0v) is 10.5. The first-order valence-electron chi connectivity index (χ1n) is 3.84. The van der Waals surface area contributed by atoms with Crippen molar-refractivity contribution in [3.8, 4) is 0 Å². The van der Waals surface area contributed by atoms with Gasteiger partial charge in [0.25, 0.3) is 0 Å². The maximum atomic E-state index is 4.39. The van der Waals surface area contributed by atoms with E-state index in [9.17, 15) is 0 Å². The third-order valence-corrected chi connectivity index (χ3v) is 1.58. The van der Waals surface area contributed by atoms with Gasteiger partial charge in [0.05, 0.1) is 0 Å². The molecule has 0 aromatic heterocycles. The number of benzene rings is 1. The van der Waals surface area contributed by atoms with Crippen LogP contribution in [0, 0.1) is 12.4 Å². The van der Waals surface area contributed by atoms with Crippen molar-refractivity contribution in [2.75, 3.05) is 0 Å². The van der Waals surface area contributed by atoms with Gasteiger partial charge in [-0.25, -0.2) is 0 Å². The number of hydrogen-bond donors (Lipinski definition) is 0. The van der Waals surface area contributed by atoms with Crippen molar-refractivity contribution in [3.63, 3.8) is 0 Å². The van der Waals surface area contributed by atoms with Crippen LogP contribution < -0.4 is 0 Å². The molecule has 0 unspecified atom stereocenters. The third kappa shape index (κ3) is 6.27. The Morgan fingerprint density at radius 1 is 1.15 bits per heavy atom. The zero-order valence-electron chi connectivity index (χ0n) is 8.21. The maximum absolute atomic E-state index is 4.39. The van der Waals surface area contributed by atoms with Crippen molar-refractivity contribution >= 4 is 11.6 Å². The van der Waals surface area contributed by atoms with Gasteiger partial charge in [0.2, 0.25) is 0 Å². The Morgan fingerprint density at radius 3 is 1.77 bits per heavy atom. The standard InChI is InChI=1S/C10H13.CH2Cl.Pd/c1-10(2,3)9-7-5-4-6-8-9;1-2;/h5-8H,1-3H3;1H2;/q2*-1;+2. The normalized spacial score (nSPS) is 9.31. The Kier molecular flexibility index (Phi) is 9.10. The Bertz CT molecular complexity index is 201. The molecule has 0 bridgehead atoms. The van der Waals surface area contributed by atoms with E-state index in [-0.39, 0.29) is 25.8 Å². The molecule has 0 nitrogen and oxygen atoms in total. The van der Waals surface area contributed by atoms with Gasteiger partial charge in [-0.3, -0.25) is 6.38 Å². The van der Waals surface area contributed by atoms with Gasteiger partial charge in [-0.05, 0) is 5.41 Å². The summed E-state index contributed by atoms with van der Waals surface area (Å²) in [5.41, 5.74) is 1.64. The summed E-state index contributed by atoms with van der Waals surface area (Å²) >= 11 is 4.39. The smallest absolute Gasteiger partial charge is 0.352 e. The van der Waals surface area contributed by atoms with E-state index in [1.165, 1.54) is 5.56 Å². The summed E-state index contributed by atoms with van der Waals surface area (Å²) in [7, 11) is 0. The van der Waals surface area contributed by atoms with E-state index in [0.29, 0.717) is 0 Å². The first-order valence-corrected chi connectivity index (χ1v) is 4.37. The molecule has 0 aliphatic heterocycles. The van der Waals surface area contributed by atoms with Gasteiger partial charge in [-0.1, -0.05) is 20.8 Å². The van der Waals surface area contributed by atoms with Crippen LogP contribution in [0.15, 0.2) is 24.3 Å². The molecular weight excluding hydrogens is 274 g/mol. The predicted molar refractivity (Wildman–Crippen MR) is 55.2 cm³/mol. The first kappa shape index (κ1) is 15.6. The molecule has 0 saturated heterocycles. The fourth-order valence-corrected chi connectivity index (χ4v) is 0.887. The molecule has 0 spiro atoms. The number of rotatable bonds is 0. The molecule has 0 saturated carbocycles. The summed E-state index contributed by atoms with van der Waals surface area (Å²) < 4.78 is 0. The molecule has 0 aliphatic rings. The van der Waals surface area contributed by atoms with Crippen molar-refractivity contribution in [1.29, 1.82) is 0 Å². The van der Waals surface area contributed by atoms with Crippen molar-refractivity contribution in [2.45, 2.75) is 26.2 Å². The summed E-state index contributed by atoms with van der Waals surface area (Å²) in [6, 6.07) is 11.1. The third-order valence-electron chi connectivity index (χ3n) is 1.58. The van der Waals surface area contributed by atoms with Crippen LogP contribution in [0.25, 0.3) is 0 Å².